The number of aromatic nitrogens is 3. The maximum Gasteiger partial charge on any atom is 0.257 e. The molecule has 2 aromatic rings. The minimum atomic E-state index is 0.0793. The van der Waals surface area contributed by atoms with Gasteiger partial charge in [0.25, 0.3) is 5.91 Å². The van der Waals surface area contributed by atoms with Gasteiger partial charge in [0, 0.05) is 25.3 Å². The average molecular weight is 325 g/mol. The lowest BCUT2D eigenvalue weighted by atomic mass is 9.98. The van der Waals surface area contributed by atoms with Gasteiger partial charge in [-0.3, -0.25) is 4.79 Å². The second-order valence-electron chi connectivity index (χ2n) is 6.83. The fourth-order valence-corrected chi connectivity index (χ4v) is 4.21. The third-order valence-corrected chi connectivity index (χ3v) is 5.50. The van der Waals surface area contributed by atoms with Gasteiger partial charge in [-0.25, -0.2) is 9.67 Å². The van der Waals surface area contributed by atoms with Crippen LogP contribution in [0.25, 0.3) is 5.82 Å². The number of hydrogen-bond acceptors (Lipinski definition) is 4. The molecular weight excluding hydrogens is 302 g/mol. The molecule has 24 heavy (non-hydrogen) atoms. The number of nitrogens with two attached hydrogens (primary N) is 1. The lowest BCUT2D eigenvalue weighted by Crippen LogP contribution is -2.33. The molecule has 1 aliphatic carbocycles. The molecule has 0 spiro atoms. The first-order chi connectivity index (χ1) is 11.7. The second kappa shape index (κ2) is 6.02. The zero-order chi connectivity index (χ0) is 16.7. The fraction of sp³-hybridized carbons (Fsp3) is 0.500. The van der Waals surface area contributed by atoms with Crippen molar-refractivity contribution >= 4 is 5.91 Å². The van der Waals surface area contributed by atoms with Crippen molar-refractivity contribution < 1.29 is 4.79 Å². The van der Waals surface area contributed by atoms with Crippen LogP contribution in [0, 0.1) is 11.8 Å². The molecule has 4 rings (SSSR count). The molecule has 3 heterocycles. The van der Waals surface area contributed by atoms with E-state index in [1.165, 1.54) is 0 Å². The highest BCUT2D eigenvalue weighted by molar-refractivity contribution is 5.95. The Labute approximate surface area is 141 Å². The van der Waals surface area contributed by atoms with Crippen LogP contribution in [-0.2, 0) is 6.42 Å². The molecule has 6 heteroatoms. The van der Waals surface area contributed by atoms with Crippen LogP contribution in [0.3, 0.4) is 0 Å². The van der Waals surface area contributed by atoms with Crippen LogP contribution >= 0.6 is 0 Å². The van der Waals surface area contributed by atoms with Gasteiger partial charge < -0.3 is 10.6 Å². The van der Waals surface area contributed by atoms with Crippen LogP contribution in [0.2, 0.25) is 0 Å². The highest BCUT2D eigenvalue weighted by atomic mass is 16.2. The van der Waals surface area contributed by atoms with E-state index >= 15 is 0 Å². The molecule has 3 atom stereocenters. The molecule has 3 unspecified atom stereocenters. The monoisotopic (exact) mass is 325 g/mol. The smallest absolute Gasteiger partial charge is 0.257 e. The summed E-state index contributed by atoms with van der Waals surface area (Å²) in [4.78, 5) is 19.3. The molecule has 0 aromatic carbocycles. The number of carbonyl (C=O) groups excluding carboxylic acids is 1. The molecule has 1 aliphatic heterocycles. The van der Waals surface area contributed by atoms with E-state index < -0.39 is 0 Å². The maximum absolute atomic E-state index is 13.0. The highest BCUT2D eigenvalue weighted by Crippen LogP contribution is 2.37. The Morgan fingerprint density at radius 1 is 1.33 bits per heavy atom. The van der Waals surface area contributed by atoms with Gasteiger partial charge in [0.15, 0.2) is 5.82 Å². The van der Waals surface area contributed by atoms with Gasteiger partial charge in [-0.15, -0.1) is 0 Å². The maximum atomic E-state index is 13.0. The van der Waals surface area contributed by atoms with Crippen molar-refractivity contribution in [2.24, 2.45) is 17.6 Å². The SMILES string of the molecule is CCc1c(C(=O)N2CC3CCC(N)C3C2)cnn1-c1ccccn1. The van der Waals surface area contributed by atoms with Crippen molar-refractivity contribution in [2.75, 3.05) is 13.1 Å². The van der Waals surface area contributed by atoms with E-state index in [0.29, 0.717) is 17.4 Å². The zero-order valence-electron chi connectivity index (χ0n) is 13.9. The Hall–Kier alpha value is -2.21. The molecule has 6 nitrogen and oxygen atoms in total. The van der Waals surface area contributed by atoms with Crippen molar-refractivity contribution in [2.45, 2.75) is 32.2 Å². The van der Waals surface area contributed by atoms with Crippen LogP contribution in [0.5, 0.6) is 0 Å². The summed E-state index contributed by atoms with van der Waals surface area (Å²) in [6, 6.07) is 5.94. The molecule has 1 saturated carbocycles. The molecule has 2 aliphatic rings. The van der Waals surface area contributed by atoms with Crippen LogP contribution in [0.4, 0.5) is 0 Å². The van der Waals surface area contributed by atoms with Crippen LogP contribution in [0.1, 0.15) is 35.8 Å². The molecule has 2 fully saturated rings. The molecule has 126 valence electrons. The van der Waals surface area contributed by atoms with Crippen LogP contribution in [-0.4, -0.2) is 44.7 Å². The summed E-state index contributed by atoms with van der Waals surface area (Å²) in [5.74, 6) is 1.86. The van der Waals surface area contributed by atoms with Gasteiger partial charge in [0.2, 0.25) is 0 Å². The van der Waals surface area contributed by atoms with Crippen molar-refractivity contribution in [1.29, 1.82) is 0 Å². The number of nitrogens with zero attached hydrogens (tertiary/aromatic N) is 4. The largest absolute Gasteiger partial charge is 0.338 e. The van der Waals surface area contributed by atoms with E-state index in [1.807, 2.05) is 30.0 Å². The van der Waals surface area contributed by atoms with Gasteiger partial charge in [-0.2, -0.15) is 5.10 Å². The average Bonchev–Trinajstić information content (AvgIpc) is 3.30. The number of hydrogen-bond donors (Lipinski definition) is 1. The first-order valence-electron chi connectivity index (χ1n) is 8.72. The van der Waals surface area contributed by atoms with Crippen molar-refractivity contribution in [3.63, 3.8) is 0 Å². The lowest BCUT2D eigenvalue weighted by molar-refractivity contribution is 0.0778. The van der Waals surface area contributed by atoms with Gasteiger partial charge >= 0.3 is 0 Å². The molecular formula is C18H23N5O. The van der Waals surface area contributed by atoms with E-state index in [4.69, 9.17) is 5.73 Å². The summed E-state index contributed by atoms with van der Waals surface area (Å²) < 4.78 is 1.77. The Kier molecular flexibility index (Phi) is 3.84. The predicted octanol–water partition coefficient (Wildman–Crippen LogP) is 1.64. The standard InChI is InChI=1S/C18H23N5O/c1-2-16-13(9-21-23(16)17-5-3-4-8-20-17)18(24)22-10-12-6-7-15(19)14(12)11-22/h3-5,8-9,12,14-15H,2,6-7,10-11,19H2,1H3. The van der Waals surface area contributed by atoms with E-state index in [1.54, 1.807) is 17.1 Å². The lowest BCUT2D eigenvalue weighted by Gasteiger charge is -2.19. The molecule has 0 radical (unpaired) electrons. The Balaban J connectivity index is 1.61. The van der Waals surface area contributed by atoms with E-state index in [9.17, 15) is 4.79 Å². The molecule has 0 bridgehead atoms. The summed E-state index contributed by atoms with van der Waals surface area (Å²) in [5.41, 5.74) is 7.80. The topological polar surface area (TPSA) is 77.0 Å². The highest BCUT2D eigenvalue weighted by Gasteiger charge is 2.43. The van der Waals surface area contributed by atoms with Crippen molar-refractivity contribution in [1.82, 2.24) is 19.7 Å². The molecule has 1 amide bonds. The summed E-state index contributed by atoms with van der Waals surface area (Å²) in [5, 5.41) is 4.42. The summed E-state index contributed by atoms with van der Waals surface area (Å²) in [7, 11) is 0. The minimum Gasteiger partial charge on any atom is -0.338 e. The van der Waals surface area contributed by atoms with Gasteiger partial charge in [0.1, 0.15) is 0 Å². The molecule has 1 saturated heterocycles. The van der Waals surface area contributed by atoms with E-state index in [0.717, 1.165) is 43.9 Å². The number of carbonyl (C=O) groups is 1. The Bertz CT molecular complexity index is 741. The van der Waals surface area contributed by atoms with Gasteiger partial charge in [-0.05, 0) is 43.2 Å². The summed E-state index contributed by atoms with van der Waals surface area (Å²) in [6.45, 7) is 3.65. The Morgan fingerprint density at radius 3 is 2.92 bits per heavy atom. The normalized spacial score (nSPS) is 25.9. The number of amides is 1. The summed E-state index contributed by atoms with van der Waals surface area (Å²) >= 11 is 0. The number of pyridine rings is 1. The quantitative estimate of drug-likeness (QED) is 0.930. The predicted molar refractivity (Wildman–Crippen MR) is 90.8 cm³/mol. The minimum absolute atomic E-state index is 0.0793. The number of fused-ring (bicyclic) bond motifs is 1. The third kappa shape index (κ3) is 2.41. The number of rotatable bonds is 3. The summed E-state index contributed by atoms with van der Waals surface area (Å²) in [6.07, 6.45) is 6.39. The third-order valence-electron chi connectivity index (χ3n) is 5.50. The fourth-order valence-electron chi connectivity index (χ4n) is 4.21. The van der Waals surface area contributed by atoms with Gasteiger partial charge in [0.05, 0.1) is 17.5 Å². The second-order valence-corrected chi connectivity index (χ2v) is 6.83. The zero-order valence-corrected chi connectivity index (χ0v) is 13.9. The van der Waals surface area contributed by atoms with E-state index in [-0.39, 0.29) is 11.9 Å². The first kappa shape index (κ1) is 15.3. The van der Waals surface area contributed by atoms with Crippen LogP contribution < -0.4 is 5.73 Å². The van der Waals surface area contributed by atoms with E-state index in [2.05, 4.69) is 10.1 Å². The van der Waals surface area contributed by atoms with Crippen LogP contribution in [0.15, 0.2) is 30.6 Å². The Morgan fingerprint density at radius 2 is 2.21 bits per heavy atom. The van der Waals surface area contributed by atoms with Crippen molar-refractivity contribution in [3.8, 4) is 5.82 Å². The number of likely N-dealkylation sites (tertiary alicyclic amines) is 1. The van der Waals surface area contributed by atoms with Crippen molar-refractivity contribution in [3.05, 3.63) is 41.9 Å². The van der Waals surface area contributed by atoms with Gasteiger partial charge in [-0.1, -0.05) is 13.0 Å². The molecule has 2 aromatic heterocycles. The molecule has 2 N–H and O–H groups in total. The first-order valence-corrected chi connectivity index (χ1v) is 8.72.